The molecule has 1 saturated heterocycles. The predicted molar refractivity (Wildman–Crippen MR) is 111 cm³/mol. The second-order valence-electron chi connectivity index (χ2n) is 6.49. The van der Waals surface area contributed by atoms with Crippen molar-refractivity contribution < 1.29 is 23.9 Å². The topological polar surface area (TPSA) is 84.9 Å². The van der Waals surface area contributed by atoms with Gasteiger partial charge in [-0.1, -0.05) is 6.07 Å². The molecule has 0 unspecified atom stereocenters. The van der Waals surface area contributed by atoms with Gasteiger partial charge in [-0.3, -0.25) is 14.4 Å². The average Bonchev–Trinajstić information content (AvgIpc) is 3.14. The maximum absolute atomic E-state index is 12.3. The molecule has 0 bridgehead atoms. The van der Waals surface area contributed by atoms with E-state index in [-0.39, 0.29) is 18.9 Å². The van der Waals surface area contributed by atoms with E-state index in [1.165, 1.54) is 0 Å². The Hall–Kier alpha value is -3.00. The van der Waals surface area contributed by atoms with E-state index in [0.717, 1.165) is 10.6 Å². The summed E-state index contributed by atoms with van der Waals surface area (Å²) in [4.78, 5) is 39.3. The third-order valence-corrected chi connectivity index (χ3v) is 5.27. The lowest BCUT2D eigenvalue weighted by Crippen LogP contribution is -2.28. The molecule has 2 amide bonds. The zero-order valence-electron chi connectivity index (χ0n) is 16.2. The van der Waals surface area contributed by atoms with Crippen molar-refractivity contribution in [3.63, 3.8) is 0 Å². The summed E-state index contributed by atoms with van der Waals surface area (Å²) in [5.74, 6) is -1.04. The van der Waals surface area contributed by atoms with Gasteiger partial charge in [0, 0.05) is 29.2 Å². The Labute approximate surface area is 173 Å². The van der Waals surface area contributed by atoms with Crippen molar-refractivity contribution >= 4 is 40.9 Å². The first kappa shape index (κ1) is 20.7. The fraction of sp³-hybridized carbons (Fsp3) is 0.286. The Morgan fingerprint density at radius 1 is 1.21 bits per heavy atom. The molecule has 29 heavy (non-hydrogen) atoms. The Kier molecular flexibility index (Phi) is 6.77. The Balaban J connectivity index is 1.51. The largest absolute Gasteiger partial charge is 0.497 e. The van der Waals surface area contributed by atoms with Crippen molar-refractivity contribution in [1.29, 1.82) is 0 Å². The molecule has 7 nitrogen and oxygen atoms in total. The van der Waals surface area contributed by atoms with Crippen LogP contribution in [-0.4, -0.2) is 44.3 Å². The van der Waals surface area contributed by atoms with Crippen LogP contribution in [0.15, 0.2) is 53.4 Å². The molecule has 2 aromatic rings. The number of ether oxygens (including phenoxy) is 2. The number of benzene rings is 2. The van der Waals surface area contributed by atoms with Crippen LogP contribution < -0.4 is 15.0 Å². The summed E-state index contributed by atoms with van der Waals surface area (Å²) in [5.41, 5.74) is 1.33. The molecule has 1 aliphatic rings. The van der Waals surface area contributed by atoms with Gasteiger partial charge in [-0.25, -0.2) is 0 Å². The Morgan fingerprint density at radius 2 is 1.97 bits per heavy atom. The van der Waals surface area contributed by atoms with Crippen LogP contribution in [0.1, 0.15) is 6.42 Å². The van der Waals surface area contributed by atoms with Crippen LogP contribution in [0.2, 0.25) is 0 Å². The highest BCUT2D eigenvalue weighted by atomic mass is 32.2. The number of thioether (sulfide) groups is 1. The smallest absolute Gasteiger partial charge is 0.311 e. The van der Waals surface area contributed by atoms with Gasteiger partial charge in [0.25, 0.3) is 5.91 Å². The lowest BCUT2D eigenvalue weighted by atomic mass is 10.1. The van der Waals surface area contributed by atoms with Crippen LogP contribution in [0, 0.1) is 5.92 Å². The number of methoxy groups -OCH3 is 1. The highest BCUT2D eigenvalue weighted by Crippen LogP contribution is 2.28. The second-order valence-corrected chi connectivity index (χ2v) is 7.37. The minimum absolute atomic E-state index is 0.0719. The normalized spacial score (nSPS) is 15.9. The van der Waals surface area contributed by atoms with Gasteiger partial charge in [0.05, 0.1) is 13.0 Å². The monoisotopic (exact) mass is 414 g/mol. The number of nitrogens with zero attached hydrogens (tertiary/aromatic N) is 1. The molecule has 3 rings (SSSR count). The molecule has 1 atom stereocenters. The standard InChI is InChI=1S/C21H22N2O5S/c1-27-17-8-6-15(7-9-17)22-19(24)13-28-21(26)14-10-20(25)23(12-14)16-4-3-5-18(11-16)29-2/h3-9,11,14H,10,12-13H2,1-2H3,(H,22,24)/t14-/m1/s1. The third kappa shape index (κ3) is 5.29. The highest BCUT2D eigenvalue weighted by molar-refractivity contribution is 7.98. The number of hydrogen-bond acceptors (Lipinski definition) is 6. The van der Waals surface area contributed by atoms with Crippen LogP contribution in [0.5, 0.6) is 5.75 Å². The van der Waals surface area contributed by atoms with E-state index in [1.54, 1.807) is 48.0 Å². The van der Waals surface area contributed by atoms with E-state index in [0.29, 0.717) is 11.4 Å². The highest BCUT2D eigenvalue weighted by Gasteiger charge is 2.36. The van der Waals surface area contributed by atoms with E-state index in [4.69, 9.17) is 9.47 Å². The molecule has 152 valence electrons. The van der Waals surface area contributed by atoms with Gasteiger partial charge in [0.1, 0.15) is 5.75 Å². The average molecular weight is 414 g/mol. The van der Waals surface area contributed by atoms with Gasteiger partial charge in [-0.15, -0.1) is 11.8 Å². The molecule has 0 aromatic heterocycles. The van der Waals surface area contributed by atoms with Gasteiger partial charge >= 0.3 is 5.97 Å². The number of amides is 2. The zero-order chi connectivity index (χ0) is 20.8. The number of hydrogen-bond donors (Lipinski definition) is 1. The lowest BCUT2D eigenvalue weighted by Gasteiger charge is -2.17. The molecule has 1 N–H and O–H groups in total. The minimum Gasteiger partial charge on any atom is -0.497 e. The second kappa shape index (κ2) is 9.47. The molecule has 1 fully saturated rings. The first-order chi connectivity index (χ1) is 14.0. The number of rotatable bonds is 7. The summed E-state index contributed by atoms with van der Waals surface area (Å²) in [6.45, 7) is -0.160. The van der Waals surface area contributed by atoms with Crippen molar-refractivity contribution in [2.75, 3.05) is 36.7 Å². The summed E-state index contributed by atoms with van der Waals surface area (Å²) >= 11 is 1.58. The van der Waals surface area contributed by atoms with Crippen molar-refractivity contribution in [2.24, 2.45) is 5.92 Å². The van der Waals surface area contributed by atoms with Crippen LogP contribution in [-0.2, 0) is 19.1 Å². The van der Waals surface area contributed by atoms with Gasteiger partial charge < -0.3 is 19.7 Å². The Bertz CT molecular complexity index is 900. The third-order valence-electron chi connectivity index (χ3n) is 4.54. The summed E-state index contributed by atoms with van der Waals surface area (Å²) in [6, 6.07) is 14.4. The maximum Gasteiger partial charge on any atom is 0.311 e. The van der Waals surface area contributed by atoms with E-state index in [2.05, 4.69) is 5.32 Å². The Morgan fingerprint density at radius 3 is 2.66 bits per heavy atom. The molecular formula is C21H22N2O5S. The molecule has 0 spiro atoms. The maximum atomic E-state index is 12.3. The van der Waals surface area contributed by atoms with E-state index in [1.807, 2.05) is 30.5 Å². The number of carbonyl (C=O) groups is 3. The van der Waals surface area contributed by atoms with Crippen molar-refractivity contribution in [2.45, 2.75) is 11.3 Å². The molecular weight excluding hydrogens is 392 g/mol. The predicted octanol–water partition coefficient (Wildman–Crippen LogP) is 2.95. The summed E-state index contributed by atoms with van der Waals surface area (Å²) in [6.07, 6.45) is 2.03. The molecule has 1 heterocycles. The van der Waals surface area contributed by atoms with Crippen LogP contribution in [0.3, 0.4) is 0 Å². The fourth-order valence-corrected chi connectivity index (χ4v) is 3.47. The number of anilines is 2. The van der Waals surface area contributed by atoms with Crippen molar-refractivity contribution in [3.05, 3.63) is 48.5 Å². The first-order valence-electron chi connectivity index (χ1n) is 9.05. The lowest BCUT2D eigenvalue weighted by molar-refractivity contribution is -0.151. The van der Waals surface area contributed by atoms with Gasteiger partial charge in [0.15, 0.2) is 6.61 Å². The number of carbonyl (C=O) groups excluding carboxylic acids is 3. The summed E-state index contributed by atoms with van der Waals surface area (Å²) in [7, 11) is 1.56. The fourth-order valence-electron chi connectivity index (χ4n) is 3.02. The van der Waals surface area contributed by atoms with Gasteiger partial charge in [0.2, 0.25) is 5.91 Å². The first-order valence-corrected chi connectivity index (χ1v) is 10.3. The minimum atomic E-state index is -0.589. The van der Waals surface area contributed by atoms with E-state index in [9.17, 15) is 14.4 Å². The molecule has 2 aromatic carbocycles. The van der Waals surface area contributed by atoms with Crippen molar-refractivity contribution in [3.8, 4) is 5.75 Å². The van der Waals surface area contributed by atoms with Gasteiger partial charge in [-0.2, -0.15) is 0 Å². The van der Waals surface area contributed by atoms with Crippen LogP contribution in [0.25, 0.3) is 0 Å². The molecule has 8 heteroatoms. The quantitative estimate of drug-likeness (QED) is 0.554. The summed E-state index contributed by atoms with van der Waals surface area (Å²) < 4.78 is 10.2. The molecule has 0 aliphatic carbocycles. The van der Waals surface area contributed by atoms with Gasteiger partial charge in [-0.05, 0) is 48.7 Å². The SMILES string of the molecule is COc1ccc(NC(=O)COC(=O)[C@@H]2CC(=O)N(c3cccc(SC)c3)C2)cc1. The zero-order valence-corrected chi connectivity index (χ0v) is 17.0. The van der Waals surface area contributed by atoms with Crippen LogP contribution in [0.4, 0.5) is 11.4 Å². The number of esters is 1. The van der Waals surface area contributed by atoms with Crippen molar-refractivity contribution in [1.82, 2.24) is 0 Å². The molecule has 1 aliphatic heterocycles. The molecule has 0 saturated carbocycles. The van der Waals surface area contributed by atoms with E-state index >= 15 is 0 Å². The molecule has 0 radical (unpaired) electrons. The van der Waals surface area contributed by atoms with Crippen LogP contribution >= 0.6 is 11.8 Å². The van der Waals surface area contributed by atoms with E-state index < -0.39 is 24.4 Å². The summed E-state index contributed by atoms with van der Waals surface area (Å²) in [5, 5.41) is 2.64. The number of nitrogens with one attached hydrogen (secondary N) is 1.